The lowest BCUT2D eigenvalue weighted by Crippen LogP contribution is -2.27. The molecule has 0 unspecified atom stereocenters. The summed E-state index contributed by atoms with van der Waals surface area (Å²) in [5, 5.41) is 0. The van der Waals surface area contributed by atoms with Gasteiger partial charge in [-0.05, 0) is 41.8 Å². The van der Waals surface area contributed by atoms with Crippen molar-refractivity contribution in [2.75, 3.05) is 29.7 Å². The molecular formula is C24H24Cl2N2. The molecule has 3 aromatic rings. The third-order valence-corrected chi connectivity index (χ3v) is 5.00. The zero-order valence-corrected chi connectivity index (χ0v) is 17.5. The Labute approximate surface area is 177 Å². The largest absolute Gasteiger partial charge is 0.369 e. The van der Waals surface area contributed by atoms with Crippen LogP contribution in [0, 0.1) is 6.92 Å². The molecule has 0 aliphatic rings. The number of anilines is 1. The Hall–Kier alpha value is -2.29. The number of halogens is 2. The van der Waals surface area contributed by atoms with Gasteiger partial charge in [0.25, 0.3) is 0 Å². The summed E-state index contributed by atoms with van der Waals surface area (Å²) in [6, 6.07) is 24.9. The number of benzene rings is 3. The van der Waals surface area contributed by atoms with Gasteiger partial charge in [0.15, 0.2) is 0 Å². The van der Waals surface area contributed by atoms with Crippen LogP contribution in [0.4, 0.5) is 11.4 Å². The van der Waals surface area contributed by atoms with E-state index < -0.39 is 0 Å². The highest BCUT2D eigenvalue weighted by Gasteiger charge is 2.07. The second kappa shape index (κ2) is 10.3. The number of aryl methyl sites for hydroxylation is 1. The average molecular weight is 411 g/mol. The van der Waals surface area contributed by atoms with Gasteiger partial charge in [0, 0.05) is 42.3 Å². The molecule has 3 aromatic carbocycles. The number of aliphatic imine (C=N–C) groups is 1. The summed E-state index contributed by atoms with van der Waals surface area (Å²) >= 11 is 11.9. The molecule has 0 N–H and O–H groups in total. The van der Waals surface area contributed by atoms with Crippen LogP contribution in [0.2, 0.25) is 0 Å². The van der Waals surface area contributed by atoms with Gasteiger partial charge in [0.2, 0.25) is 0 Å². The molecule has 0 aliphatic carbocycles. The summed E-state index contributed by atoms with van der Waals surface area (Å²) in [5.41, 5.74) is 6.67. The zero-order valence-electron chi connectivity index (χ0n) is 16.0. The van der Waals surface area contributed by atoms with E-state index in [0.717, 1.165) is 35.6 Å². The highest BCUT2D eigenvalue weighted by Crippen LogP contribution is 2.30. The van der Waals surface area contributed by atoms with Gasteiger partial charge >= 0.3 is 0 Å². The number of rotatable bonds is 8. The van der Waals surface area contributed by atoms with E-state index in [9.17, 15) is 0 Å². The van der Waals surface area contributed by atoms with Crippen LogP contribution >= 0.6 is 23.2 Å². The van der Waals surface area contributed by atoms with E-state index in [1.807, 2.05) is 42.6 Å². The average Bonchev–Trinajstić information content (AvgIpc) is 2.73. The van der Waals surface area contributed by atoms with Gasteiger partial charge in [-0.15, -0.1) is 23.2 Å². The predicted molar refractivity (Wildman–Crippen MR) is 124 cm³/mol. The van der Waals surface area contributed by atoms with Crippen LogP contribution < -0.4 is 4.90 Å². The normalized spacial score (nSPS) is 11.1. The maximum absolute atomic E-state index is 5.93. The van der Waals surface area contributed by atoms with E-state index >= 15 is 0 Å². The molecule has 0 atom stereocenters. The second-order valence-electron chi connectivity index (χ2n) is 6.55. The molecule has 0 saturated carbocycles. The number of nitrogens with zero attached hydrogens (tertiary/aromatic N) is 2. The lowest BCUT2D eigenvalue weighted by Gasteiger charge is -2.23. The van der Waals surface area contributed by atoms with Crippen molar-refractivity contribution in [1.82, 2.24) is 0 Å². The summed E-state index contributed by atoms with van der Waals surface area (Å²) < 4.78 is 0. The molecule has 144 valence electrons. The van der Waals surface area contributed by atoms with Crippen molar-refractivity contribution in [3.8, 4) is 11.1 Å². The fraction of sp³-hybridized carbons (Fsp3) is 0.208. The van der Waals surface area contributed by atoms with Crippen LogP contribution in [0.3, 0.4) is 0 Å². The Bertz CT molecular complexity index is 917. The minimum atomic E-state index is 0.579. The third-order valence-electron chi connectivity index (χ3n) is 4.66. The molecule has 3 rings (SSSR count). The van der Waals surface area contributed by atoms with E-state index in [-0.39, 0.29) is 0 Å². The van der Waals surface area contributed by atoms with Crippen LogP contribution in [0.15, 0.2) is 77.8 Å². The van der Waals surface area contributed by atoms with E-state index in [4.69, 9.17) is 28.2 Å². The highest BCUT2D eigenvalue weighted by atomic mass is 35.5. The predicted octanol–water partition coefficient (Wildman–Crippen LogP) is 6.70. The molecule has 0 radical (unpaired) electrons. The molecule has 0 bridgehead atoms. The van der Waals surface area contributed by atoms with E-state index in [0.29, 0.717) is 11.8 Å². The lowest BCUT2D eigenvalue weighted by atomic mass is 10.0. The summed E-state index contributed by atoms with van der Waals surface area (Å²) in [5.74, 6) is 1.16. The molecule has 0 heterocycles. The van der Waals surface area contributed by atoms with Crippen LogP contribution in [0.25, 0.3) is 11.1 Å². The zero-order chi connectivity index (χ0) is 19.8. The molecule has 0 spiro atoms. The summed E-state index contributed by atoms with van der Waals surface area (Å²) in [6.45, 7) is 3.67. The maximum Gasteiger partial charge on any atom is 0.0708 e. The van der Waals surface area contributed by atoms with Gasteiger partial charge in [-0.3, -0.25) is 4.99 Å². The Morgan fingerprint density at radius 3 is 2.21 bits per heavy atom. The first-order valence-electron chi connectivity index (χ1n) is 9.39. The van der Waals surface area contributed by atoms with Crippen molar-refractivity contribution in [2.24, 2.45) is 4.99 Å². The van der Waals surface area contributed by atoms with Crippen LogP contribution in [0.1, 0.15) is 11.1 Å². The Balaban J connectivity index is 1.86. The van der Waals surface area contributed by atoms with Gasteiger partial charge in [0.1, 0.15) is 0 Å². The Morgan fingerprint density at radius 2 is 1.54 bits per heavy atom. The summed E-state index contributed by atoms with van der Waals surface area (Å²) in [6.07, 6.45) is 1.94. The Kier molecular flexibility index (Phi) is 7.53. The minimum Gasteiger partial charge on any atom is -0.369 e. The van der Waals surface area contributed by atoms with Crippen molar-refractivity contribution in [3.63, 3.8) is 0 Å². The third kappa shape index (κ3) is 5.15. The minimum absolute atomic E-state index is 0.579. The molecule has 0 saturated heterocycles. The summed E-state index contributed by atoms with van der Waals surface area (Å²) in [7, 11) is 0. The highest BCUT2D eigenvalue weighted by molar-refractivity contribution is 6.18. The molecule has 0 amide bonds. The molecule has 2 nitrogen and oxygen atoms in total. The number of hydrogen-bond donors (Lipinski definition) is 0. The first kappa shape index (κ1) is 20.4. The maximum atomic E-state index is 5.93. The van der Waals surface area contributed by atoms with E-state index in [1.165, 1.54) is 11.1 Å². The van der Waals surface area contributed by atoms with Gasteiger partial charge in [0.05, 0.1) is 5.69 Å². The topological polar surface area (TPSA) is 15.6 Å². The number of hydrogen-bond acceptors (Lipinski definition) is 2. The van der Waals surface area contributed by atoms with Gasteiger partial charge in [-0.25, -0.2) is 0 Å². The van der Waals surface area contributed by atoms with E-state index in [1.54, 1.807) is 0 Å². The molecule has 0 aliphatic heterocycles. The van der Waals surface area contributed by atoms with Gasteiger partial charge in [-0.2, -0.15) is 0 Å². The molecule has 28 heavy (non-hydrogen) atoms. The quantitative estimate of drug-likeness (QED) is 0.298. The monoisotopic (exact) mass is 410 g/mol. The van der Waals surface area contributed by atoms with Crippen molar-refractivity contribution >= 4 is 40.8 Å². The smallest absolute Gasteiger partial charge is 0.0708 e. The van der Waals surface area contributed by atoms with E-state index in [2.05, 4.69) is 48.2 Å². The number of alkyl halides is 2. The first-order chi connectivity index (χ1) is 13.7. The fourth-order valence-electron chi connectivity index (χ4n) is 3.16. The molecule has 0 fully saturated rings. The van der Waals surface area contributed by atoms with Crippen molar-refractivity contribution < 1.29 is 0 Å². The van der Waals surface area contributed by atoms with Crippen LogP contribution in [-0.2, 0) is 0 Å². The van der Waals surface area contributed by atoms with Gasteiger partial charge in [-0.1, -0.05) is 54.6 Å². The second-order valence-corrected chi connectivity index (χ2v) is 7.30. The first-order valence-corrected chi connectivity index (χ1v) is 10.5. The lowest BCUT2D eigenvalue weighted by molar-refractivity contribution is 0.873. The Morgan fingerprint density at radius 1 is 0.857 bits per heavy atom. The summed E-state index contributed by atoms with van der Waals surface area (Å²) in [4.78, 5) is 6.99. The standard InChI is InChI=1S/C24H24Cl2N2/c1-19-17-22(28(15-13-25)16-14-26)12-11-21(19)18-27-24-10-6-5-9-23(24)20-7-3-2-4-8-20/h2-12,17-18H,13-16H2,1H3. The van der Waals surface area contributed by atoms with Gasteiger partial charge < -0.3 is 4.90 Å². The molecular weight excluding hydrogens is 387 g/mol. The van der Waals surface area contributed by atoms with Crippen molar-refractivity contribution in [3.05, 3.63) is 83.9 Å². The van der Waals surface area contributed by atoms with Crippen LogP contribution in [0.5, 0.6) is 0 Å². The number of para-hydroxylation sites is 1. The fourth-order valence-corrected chi connectivity index (χ4v) is 3.57. The molecule has 0 aromatic heterocycles. The SMILES string of the molecule is Cc1cc(N(CCCl)CCCl)ccc1C=Nc1ccccc1-c1ccccc1. The van der Waals surface area contributed by atoms with Crippen molar-refractivity contribution in [1.29, 1.82) is 0 Å². The molecule has 4 heteroatoms. The van der Waals surface area contributed by atoms with Crippen LogP contribution in [-0.4, -0.2) is 31.1 Å². The van der Waals surface area contributed by atoms with Crippen molar-refractivity contribution in [2.45, 2.75) is 6.92 Å².